The summed E-state index contributed by atoms with van der Waals surface area (Å²) in [6.07, 6.45) is 3.89. The van der Waals surface area contributed by atoms with Crippen molar-refractivity contribution < 1.29 is 0 Å². The molecular formula is C14H20N3+. The number of aryl methyl sites for hydroxylation is 1. The number of rotatable bonds is 2. The zero-order chi connectivity index (χ0) is 12.3. The molecule has 0 saturated carbocycles. The molecule has 1 fully saturated rings. The summed E-state index contributed by atoms with van der Waals surface area (Å²) >= 11 is 0. The van der Waals surface area contributed by atoms with Crippen LogP contribution in [-0.2, 0) is 0 Å². The van der Waals surface area contributed by atoms with Gasteiger partial charge in [-0.15, -0.1) is 0 Å². The van der Waals surface area contributed by atoms with Gasteiger partial charge in [-0.1, -0.05) is 13.3 Å². The van der Waals surface area contributed by atoms with Crippen molar-refractivity contribution in [2.45, 2.75) is 33.1 Å². The minimum Gasteiger partial charge on any atom is -0.372 e. The standard InChI is InChI=1S/C14H20N3/c1-3-12-6-8-17(9-7-12)13-4-5-14(16-15)11(2)10-13/h4-5,10,12H,3,6-9H2,1-2H3/q+1. The summed E-state index contributed by atoms with van der Waals surface area (Å²) in [7, 11) is 0. The monoisotopic (exact) mass is 230 g/mol. The van der Waals surface area contributed by atoms with Gasteiger partial charge in [0, 0.05) is 30.4 Å². The third kappa shape index (κ3) is 2.58. The lowest BCUT2D eigenvalue weighted by Gasteiger charge is -2.33. The summed E-state index contributed by atoms with van der Waals surface area (Å²) in [5, 5.41) is 8.80. The van der Waals surface area contributed by atoms with E-state index >= 15 is 0 Å². The molecule has 1 aromatic carbocycles. The van der Waals surface area contributed by atoms with Crippen molar-refractivity contribution in [1.29, 1.82) is 5.39 Å². The Hall–Kier alpha value is -1.56. The number of piperidine rings is 1. The maximum absolute atomic E-state index is 8.80. The summed E-state index contributed by atoms with van der Waals surface area (Å²) in [4.78, 5) is 5.69. The Labute approximate surface area is 103 Å². The third-order valence-corrected chi connectivity index (χ3v) is 3.85. The molecule has 3 nitrogen and oxygen atoms in total. The van der Waals surface area contributed by atoms with Gasteiger partial charge < -0.3 is 4.90 Å². The van der Waals surface area contributed by atoms with E-state index in [0.717, 1.165) is 24.6 Å². The van der Waals surface area contributed by atoms with E-state index in [4.69, 9.17) is 5.39 Å². The van der Waals surface area contributed by atoms with Gasteiger partial charge in [0.15, 0.2) is 4.98 Å². The van der Waals surface area contributed by atoms with Crippen molar-refractivity contribution in [3.8, 4) is 0 Å². The Bertz CT molecular complexity index is 426. The summed E-state index contributed by atoms with van der Waals surface area (Å²) in [5.74, 6) is 0.902. The van der Waals surface area contributed by atoms with Crippen molar-refractivity contribution in [3.05, 3.63) is 28.7 Å². The first-order chi connectivity index (χ1) is 8.24. The van der Waals surface area contributed by atoms with Crippen molar-refractivity contribution in [3.63, 3.8) is 0 Å². The molecule has 0 aromatic heterocycles. The van der Waals surface area contributed by atoms with E-state index in [1.165, 1.54) is 24.9 Å². The van der Waals surface area contributed by atoms with Crippen LogP contribution >= 0.6 is 0 Å². The summed E-state index contributed by atoms with van der Waals surface area (Å²) < 4.78 is 0. The quantitative estimate of drug-likeness (QED) is 0.716. The van der Waals surface area contributed by atoms with Crippen LogP contribution in [-0.4, -0.2) is 13.1 Å². The molecule has 0 unspecified atom stereocenters. The van der Waals surface area contributed by atoms with E-state index in [-0.39, 0.29) is 0 Å². The van der Waals surface area contributed by atoms with Crippen molar-refractivity contribution in [2.75, 3.05) is 18.0 Å². The van der Waals surface area contributed by atoms with E-state index < -0.39 is 0 Å². The fraction of sp³-hybridized carbons (Fsp3) is 0.571. The Balaban J connectivity index is 2.09. The normalized spacial score (nSPS) is 16.9. The van der Waals surface area contributed by atoms with Crippen molar-refractivity contribution in [2.24, 2.45) is 5.92 Å². The van der Waals surface area contributed by atoms with Gasteiger partial charge in [0.2, 0.25) is 5.39 Å². The molecule has 1 aromatic rings. The lowest BCUT2D eigenvalue weighted by Crippen LogP contribution is -2.33. The van der Waals surface area contributed by atoms with Gasteiger partial charge >= 0.3 is 5.69 Å². The number of hydrogen-bond donors (Lipinski definition) is 0. The van der Waals surface area contributed by atoms with Gasteiger partial charge in [-0.05, 0) is 37.8 Å². The number of diazo groups is 1. The highest BCUT2D eigenvalue weighted by Crippen LogP contribution is 2.28. The topological polar surface area (TPSA) is 31.4 Å². The highest BCUT2D eigenvalue weighted by atomic mass is 15.1. The zero-order valence-corrected chi connectivity index (χ0v) is 10.7. The zero-order valence-electron chi connectivity index (χ0n) is 10.7. The van der Waals surface area contributed by atoms with Crippen LogP contribution in [0.1, 0.15) is 31.7 Å². The Kier molecular flexibility index (Phi) is 3.63. The van der Waals surface area contributed by atoms with E-state index in [1.807, 2.05) is 19.1 Å². The lowest BCUT2D eigenvalue weighted by atomic mass is 9.94. The summed E-state index contributed by atoms with van der Waals surface area (Å²) in [6.45, 7) is 6.56. The van der Waals surface area contributed by atoms with Crippen LogP contribution in [0.3, 0.4) is 0 Å². The molecule has 0 atom stereocenters. The molecule has 3 heteroatoms. The summed E-state index contributed by atoms with van der Waals surface area (Å²) in [6, 6.07) is 6.05. The third-order valence-electron chi connectivity index (χ3n) is 3.85. The highest BCUT2D eigenvalue weighted by molar-refractivity contribution is 5.60. The Morgan fingerprint density at radius 1 is 1.35 bits per heavy atom. The predicted molar refractivity (Wildman–Crippen MR) is 71.2 cm³/mol. The number of hydrogen-bond acceptors (Lipinski definition) is 2. The second-order valence-corrected chi connectivity index (χ2v) is 4.91. The van der Waals surface area contributed by atoms with Gasteiger partial charge in [-0.3, -0.25) is 0 Å². The molecule has 17 heavy (non-hydrogen) atoms. The van der Waals surface area contributed by atoms with Crippen LogP contribution in [0.4, 0.5) is 11.4 Å². The van der Waals surface area contributed by atoms with Gasteiger partial charge in [0.1, 0.15) is 0 Å². The molecule has 0 N–H and O–H groups in total. The van der Waals surface area contributed by atoms with Crippen LogP contribution in [0.25, 0.3) is 4.98 Å². The predicted octanol–water partition coefficient (Wildman–Crippen LogP) is 4.11. The first kappa shape index (κ1) is 11.9. The molecule has 2 rings (SSSR count). The molecule has 0 aliphatic carbocycles. The van der Waals surface area contributed by atoms with Crippen molar-refractivity contribution in [1.82, 2.24) is 0 Å². The molecule has 1 heterocycles. The highest BCUT2D eigenvalue weighted by Gasteiger charge is 2.19. The Morgan fingerprint density at radius 2 is 2.06 bits per heavy atom. The Morgan fingerprint density at radius 3 is 2.59 bits per heavy atom. The SMILES string of the molecule is CCC1CCN(c2ccc([N+]#N)c(C)c2)CC1. The van der Waals surface area contributed by atoms with Crippen molar-refractivity contribution >= 4 is 11.4 Å². The molecule has 1 saturated heterocycles. The maximum atomic E-state index is 8.80. The van der Waals surface area contributed by atoms with Crippen LogP contribution in [0.15, 0.2) is 18.2 Å². The van der Waals surface area contributed by atoms with Crippen LogP contribution in [0.5, 0.6) is 0 Å². The molecule has 0 bridgehead atoms. The average molecular weight is 230 g/mol. The van der Waals surface area contributed by atoms with Gasteiger partial charge in [-0.25, -0.2) is 0 Å². The maximum Gasteiger partial charge on any atom is 0.388 e. The van der Waals surface area contributed by atoms with E-state index in [0.29, 0.717) is 5.69 Å². The largest absolute Gasteiger partial charge is 0.388 e. The molecule has 1 aliphatic heterocycles. The van der Waals surface area contributed by atoms with Gasteiger partial charge in [0.05, 0.1) is 0 Å². The van der Waals surface area contributed by atoms with Crippen LogP contribution in [0.2, 0.25) is 0 Å². The van der Waals surface area contributed by atoms with E-state index in [1.54, 1.807) is 0 Å². The second kappa shape index (κ2) is 5.18. The minimum absolute atomic E-state index is 0.664. The minimum atomic E-state index is 0.664. The molecule has 0 radical (unpaired) electrons. The fourth-order valence-corrected chi connectivity index (χ4v) is 2.55. The summed E-state index contributed by atoms with van der Waals surface area (Å²) in [5.41, 5.74) is 2.95. The molecule has 0 spiro atoms. The molecular weight excluding hydrogens is 210 g/mol. The van der Waals surface area contributed by atoms with E-state index in [9.17, 15) is 0 Å². The van der Waals surface area contributed by atoms with Crippen LogP contribution < -0.4 is 4.90 Å². The molecule has 1 aliphatic rings. The lowest BCUT2D eigenvalue weighted by molar-refractivity contribution is 0.395. The smallest absolute Gasteiger partial charge is 0.372 e. The van der Waals surface area contributed by atoms with Gasteiger partial charge in [-0.2, -0.15) is 0 Å². The van der Waals surface area contributed by atoms with Gasteiger partial charge in [0.25, 0.3) is 0 Å². The number of nitrogens with zero attached hydrogens (tertiary/aromatic N) is 3. The average Bonchev–Trinajstić information content (AvgIpc) is 2.39. The first-order valence-corrected chi connectivity index (χ1v) is 6.45. The second-order valence-electron chi connectivity index (χ2n) is 4.91. The van der Waals surface area contributed by atoms with E-state index in [2.05, 4.69) is 22.9 Å². The molecule has 90 valence electrons. The first-order valence-electron chi connectivity index (χ1n) is 6.45. The number of benzene rings is 1. The number of anilines is 1. The fourth-order valence-electron chi connectivity index (χ4n) is 2.55. The molecule has 0 amide bonds. The van der Waals surface area contributed by atoms with Crippen LogP contribution in [0, 0.1) is 18.2 Å².